The predicted octanol–water partition coefficient (Wildman–Crippen LogP) is 3.65. The van der Waals surface area contributed by atoms with Gasteiger partial charge in [-0.05, 0) is 36.6 Å². The van der Waals surface area contributed by atoms with Gasteiger partial charge in [0.25, 0.3) is 0 Å². The highest BCUT2D eigenvalue weighted by atomic mass is 15.2. The number of aromatic nitrogens is 5. The molecular weight excluding hydrogens is 348 g/mol. The van der Waals surface area contributed by atoms with Gasteiger partial charge in [0.15, 0.2) is 0 Å². The van der Waals surface area contributed by atoms with Crippen molar-refractivity contribution in [1.29, 1.82) is 0 Å². The van der Waals surface area contributed by atoms with Gasteiger partial charge in [0.1, 0.15) is 11.6 Å². The number of pyridine rings is 1. The lowest BCUT2D eigenvalue weighted by Crippen LogP contribution is -2.36. The summed E-state index contributed by atoms with van der Waals surface area (Å²) in [6, 6.07) is 12.1. The van der Waals surface area contributed by atoms with E-state index in [0.29, 0.717) is 5.92 Å². The average Bonchev–Trinajstić information content (AvgIpc) is 3.22. The fourth-order valence-electron chi connectivity index (χ4n) is 4.00. The van der Waals surface area contributed by atoms with Crippen molar-refractivity contribution in [2.75, 3.05) is 18.0 Å². The first-order valence-electron chi connectivity index (χ1n) is 9.73. The van der Waals surface area contributed by atoms with Crippen LogP contribution in [-0.2, 0) is 6.54 Å². The van der Waals surface area contributed by atoms with Gasteiger partial charge in [-0.15, -0.1) is 0 Å². The van der Waals surface area contributed by atoms with Crippen LogP contribution in [0.1, 0.15) is 30.1 Å². The Balaban J connectivity index is 1.38. The Bertz CT molecular complexity index is 1070. The molecule has 0 unspecified atom stereocenters. The first-order chi connectivity index (χ1) is 13.9. The summed E-state index contributed by atoms with van der Waals surface area (Å²) in [5, 5.41) is 0. The standard InChI is InChI=1S/C22H22N6/c1-2-8-20-19(7-1)25-14-21(26-20)27-11-4-6-18(16-27)22-24-10-12-28(22)15-17-5-3-9-23-13-17/h1-3,5,7-10,12-14,18H,4,6,11,15-16H2/t18-/m0/s1. The summed E-state index contributed by atoms with van der Waals surface area (Å²) in [6.45, 7) is 2.72. The molecule has 5 rings (SSSR count). The Morgan fingerprint density at radius 2 is 1.89 bits per heavy atom. The molecule has 1 aromatic carbocycles. The zero-order chi connectivity index (χ0) is 18.8. The summed E-state index contributed by atoms with van der Waals surface area (Å²) in [5.41, 5.74) is 3.07. The Hall–Kier alpha value is -3.28. The summed E-state index contributed by atoms with van der Waals surface area (Å²) in [6.07, 6.45) is 11.9. The number of para-hydroxylation sites is 2. The minimum absolute atomic E-state index is 0.383. The second kappa shape index (κ2) is 7.38. The third-order valence-corrected chi connectivity index (χ3v) is 5.37. The van der Waals surface area contributed by atoms with Crippen LogP contribution in [0.4, 0.5) is 5.82 Å². The third-order valence-electron chi connectivity index (χ3n) is 5.37. The van der Waals surface area contributed by atoms with Crippen molar-refractivity contribution in [1.82, 2.24) is 24.5 Å². The SMILES string of the molecule is c1cncc(Cn2ccnc2[C@H]2CCCN(c3cnc4ccccc4n3)C2)c1. The largest absolute Gasteiger partial charge is 0.355 e. The highest BCUT2D eigenvalue weighted by Crippen LogP contribution is 2.29. The van der Waals surface area contributed by atoms with Crippen LogP contribution in [0.15, 0.2) is 67.4 Å². The second-order valence-electron chi connectivity index (χ2n) is 7.28. The fraction of sp³-hybridized carbons (Fsp3) is 0.273. The number of piperidine rings is 1. The lowest BCUT2D eigenvalue weighted by Gasteiger charge is -2.33. The van der Waals surface area contributed by atoms with Crippen molar-refractivity contribution in [2.24, 2.45) is 0 Å². The molecule has 0 bridgehead atoms. The van der Waals surface area contributed by atoms with E-state index >= 15 is 0 Å². The molecule has 1 fully saturated rings. The number of hydrogen-bond donors (Lipinski definition) is 0. The smallest absolute Gasteiger partial charge is 0.147 e. The van der Waals surface area contributed by atoms with E-state index in [-0.39, 0.29) is 0 Å². The molecule has 0 aliphatic carbocycles. The first-order valence-corrected chi connectivity index (χ1v) is 9.73. The van der Waals surface area contributed by atoms with Crippen molar-refractivity contribution in [2.45, 2.75) is 25.3 Å². The minimum atomic E-state index is 0.383. The predicted molar refractivity (Wildman–Crippen MR) is 109 cm³/mol. The molecule has 1 atom stereocenters. The first kappa shape index (κ1) is 16.9. The number of imidazole rings is 1. The Morgan fingerprint density at radius 1 is 0.964 bits per heavy atom. The van der Waals surface area contributed by atoms with Crippen LogP contribution in [-0.4, -0.2) is 37.6 Å². The highest BCUT2D eigenvalue weighted by Gasteiger charge is 2.25. The van der Waals surface area contributed by atoms with E-state index in [0.717, 1.165) is 55.2 Å². The summed E-state index contributed by atoms with van der Waals surface area (Å²) >= 11 is 0. The molecule has 0 radical (unpaired) electrons. The molecule has 0 saturated carbocycles. The van der Waals surface area contributed by atoms with E-state index in [2.05, 4.69) is 31.7 Å². The van der Waals surface area contributed by atoms with Crippen molar-refractivity contribution >= 4 is 16.9 Å². The van der Waals surface area contributed by atoms with Crippen LogP contribution < -0.4 is 4.90 Å². The molecule has 6 heteroatoms. The molecule has 6 nitrogen and oxygen atoms in total. The zero-order valence-electron chi connectivity index (χ0n) is 15.6. The van der Waals surface area contributed by atoms with Crippen molar-refractivity contribution in [3.8, 4) is 0 Å². The molecule has 140 valence electrons. The third kappa shape index (κ3) is 3.33. The van der Waals surface area contributed by atoms with Gasteiger partial charge in [0.2, 0.25) is 0 Å². The summed E-state index contributed by atoms with van der Waals surface area (Å²) in [5.74, 6) is 2.48. The van der Waals surface area contributed by atoms with Crippen molar-refractivity contribution in [3.63, 3.8) is 0 Å². The molecule has 1 aliphatic rings. The summed E-state index contributed by atoms with van der Waals surface area (Å²) in [4.78, 5) is 20.7. The van der Waals surface area contributed by atoms with E-state index in [4.69, 9.17) is 9.97 Å². The van der Waals surface area contributed by atoms with Crippen LogP contribution in [0.2, 0.25) is 0 Å². The van der Waals surface area contributed by atoms with Gasteiger partial charge in [-0.2, -0.15) is 0 Å². The number of fused-ring (bicyclic) bond motifs is 1. The highest BCUT2D eigenvalue weighted by molar-refractivity contribution is 5.75. The molecule has 1 aliphatic heterocycles. The van der Waals surface area contributed by atoms with Crippen LogP contribution in [0.3, 0.4) is 0 Å². The van der Waals surface area contributed by atoms with E-state index in [9.17, 15) is 0 Å². The Labute approximate surface area is 163 Å². The maximum atomic E-state index is 4.83. The molecule has 1 saturated heterocycles. The Morgan fingerprint density at radius 3 is 2.79 bits per heavy atom. The monoisotopic (exact) mass is 370 g/mol. The number of nitrogens with zero attached hydrogens (tertiary/aromatic N) is 6. The molecule has 0 spiro atoms. The van der Waals surface area contributed by atoms with E-state index in [1.165, 1.54) is 5.56 Å². The van der Waals surface area contributed by atoms with E-state index in [1.807, 2.05) is 55.1 Å². The van der Waals surface area contributed by atoms with Gasteiger partial charge in [-0.3, -0.25) is 9.97 Å². The summed E-state index contributed by atoms with van der Waals surface area (Å²) < 4.78 is 2.25. The number of benzene rings is 1. The molecule has 0 amide bonds. The van der Waals surface area contributed by atoms with Gasteiger partial charge in [-0.1, -0.05) is 18.2 Å². The average molecular weight is 370 g/mol. The number of anilines is 1. The van der Waals surface area contributed by atoms with Gasteiger partial charge in [0.05, 0.1) is 23.8 Å². The lowest BCUT2D eigenvalue weighted by molar-refractivity contribution is 0.474. The van der Waals surface area contributed by atoms with Gasteiger partial charge < -0.3 is 9.47 Å². The summed E-state index contributed by atoms with van der Waals surface area (Å²) in [7, 11) is 0. The topological polar surface area (TPSA) is 59.7 Å². The van der Waals surface area contributed by atoms with Gasteiger partial charge in [-0.25, -0.2) is 9.97 Å². The molecule has 28 heavy (non-hydrogen) atoms. The van der Waals surface area contributed by atoms with Gasteiger partial charge in [0, 0.05) is 43.8 Å². The van der Waals surface area contributed by atoms with Crippen LogP contribution in [0.5, 0.6) is 0 Å². The minimum Gasteiger partial charge on any atom is -0.355 e. The van der Waals surface area contributed by atoms with Crippen LogP contribution in [0.25, 0.3) is 11.0 Å². The lowest BCUT2D eigenvalue weighted by atomic mass is 9.97. The van der Waals surface area contributed by atoms with Crippen LogP contribution in [0, 0.1) is 0 Å². The normalized spacial score (nSPS) is 17.1. The molecule has 3 aromatic heterocycles. The van der Waals surface area contributed by atoms with E-state index < -0.39 is 0 Å². The Kier molecular flexibility index (Phi) is 4.45. The second-order valence-corrected chi connectivity index (χ2v) is 7.28. The number of hydrogen-bond acceptors (Lipinski definition) is 5. The fourth-order valence-corrected chi connectivity index (χ4v) is 4.00. The van der Waals surface area contributed by atoms with Crippen molar-refractivity contribution in [3.05, 3.63) is 78.8 Å². The maximum absolute atomic E-state index is 4.83. The molecular formula is C22H22N6. The van der Waals surface area contributed by atoms with E-state index in [1.54, 1.807) is 0 Å². The maximum Gasteiger partial charge on any atom is 0.147 e. The number of rotatable bonds is 4. The molecule has 4 aromatic rings. The quantitative estimate of drug-likeness (QED) is 0.549. The van der Waals surface area contributed by atoms with Gasteiger partial charge >= 0.3 is 0 Å². The zero-order valence-corrected chi connectivity index (χ0v) is 15.6. The molecule has 0 N–H and O–H groups in total. The van der Waals surface area contributed by atoms with Crippen LogP contribution >= 0.6 is 0 Å². The van der Waals surface area contributed by atoms with Crippen molar-refractivity contribution < 1.29 is 0 Å². The molecule has 4 heterocycles.